The second kappa shape index (κ2) is 18.0. The molecule has 0 radical (unpaired) electrons. The van der Waals surface area contributed by atoms with Crippen molar-refractivity contribution in [3.8, 4) is 11.3 Å². The Morgan fingerprint density at radius 1 is 0.957 bits per heavy atom. The number of hydrogen-bond acceptors (Lipinski definition) is 9. The van der Waals surface area contributed by atoms with Crippen LogP contribution in [-0.2, 0) is 28.6 Å². The lowest BCUT2D eigenvalue weighted by atomic mass is 10.1. The third kappa shape index (κ3) is 12.3. The number of esters is 1. The van der Waals surface area contributed by atoms with Crippen LogP contribution in [0.1, 0.15) is 70.3 Å². The average Bonchev–Trinajstić information content (AvgIpc) is 3.04. The summed E-state index contributed by atoms with van der Waals surface area (Å²) in [6, 6.07) is 11.1. The van der Waals surface area contributed by atoms with Crippen LogP contribution >= 0.6 is 0 Å². The van der Waals surface area contributed by atoms with Gasteiger partial charge in [0.15, 0.2) is 0 Å². The highest BCUT2D eigenvalue weighted by atomic mass is 16.6. The fourth-order valence-corrected chi connectivity index (χ4v) is 4.88. The van der Waals surface area contributed by atoms with Crippen LogP contribution in [0.15, 0.2) is 42.5 Å². The number of pyridine rings is 1. The fraction of sp³-hybridized carbons (Fsp3) is 0.529. The Morgan fingerprint density at radius 3 is 2.28 bits per heavy atom. The molecule has 2 heterocycles. The molecule has 1 aromatic carbocycles. The minimum Gasteiger partial charge on any atom is -0.460 e. The molecule has 1 saturated heterocycles. The number of ether oxygens (including phenoxy) is 3. The molecule has 13 heteroatoms. The highest BCUT2D eigenvalue weighted by Crippen LogP contribution is 2.22. The first-order chi connectivity index (χ1) is 22.4. The molecule has 1 fully saturated rings. The topological polar surface area (TPSA) is 156 Å². The largest absolute Gasteiger partial charge is 0.460 e. The van der Waals surface area contributed by atoms with Gasteiger partial charge in [0.05, 0.1) is 12.3 Å². The molecule has 0 bridgehead atoms. The van der Waals surface area contributed by atoms with Gasteiger partial charge in [0, 0.05) is 51.0 Å². The normalized spacial score (nSPS) is 13.8. The number of hydrogen-bond donors (Lipinski definition) is 2. The third-order valence-corrected chi connectivity index (χ3v) is 7.17. The number of carbonyl (C=O) groups excluding carboxylic acids is 5. The predicted molar refractivity (Wildman–Crippen MR) is 176 cm³/mol. The van der Waals surface area contributed by atoms with Crippen LogP contribution in [0.25, 0.3) is 11.3 Å². The van der Waals surface area contributed by atoms with E-state index >= 15 is 0 Å². The summed E-state index contributed by atoms with van der Waals surface area (Å²) >= 11 is 0. The Kier molecular flexibility index (Phi) is 14.1. The molecule has 256 valence electrons. The average molecular weight is 654 g/mol. The molecule has 47 heavy (non-hydrogen) atoms. The van der Waals surface area contributed by atoms with Gasteiger partial charge >= 0.3 is 12.1 Å². The van der Waals surface area contributed by atoms with E-state index in [-0.39, 0.29) is 51.3 Å². The Balaban J connectivity index is 1.79. The number of nitrogens with zero attached hydrogens (tertiary/aromatic N) is 3. The Hall–Kier alpha value is -4.52. The quantitative estimate of drug-likeness (QED) is 0.227. The van der Waals surface area contributed by atoms with Gasteiger partial charge in [-0.05, 0) is 45.7 Å². The van der Waals surface area contributed by atoms with Gasteiger partial charge in [0.25, 0.3) is 5.91 Å². The molecule has 0 saturated carbocycles. The van der Waals surface area contributed by atoms with Crippen molar-refractivity contribution in [2.45, 2.75) is 71.4 Å². The summed E-state index contributed by atoms with van der Waals surface area (Å²) in [7, 11) is 1.40. The van der Waals surface area contributed by atoms with Gasteiger partial charge < -0.3 is 34.6 Å². The summed E-state index contributed by atoms with van der Waals surface area (Å²) in [4.78, 5) is 72.5. The van der Waals surface area contributed by atoms with Crippen molar-refractivity contribution >= 4 is 35.5 Å². The molecule has 2 N–H and O–H groups in total. The summed E-state index contributed by atoms with van der Waals surface area (Å²) < 4.78 is 15.7. The van der Waals surface area contributed by atoms with Crippen LogP contribution in [0.5, 0.6) is 0 Å². The number of unbranched alkanes of at least 4 members (excludes halogenated alkanes) is 2. The second-order valence-electron chi connectivity index (χ2n) is 12.3. The van der Waals surface area contributed by atoms with E-state index < -0.39 is 41.4 Å². The number of piperazine rings is 1. The number of nitrogens with one attached hydrogen (secondary N) is 2. The van der Waals surface area contributed by atoms with Gasteiger partial charge in [-0.3, -0.25) is 19.2 Å². The number of methoxy groups -OCH3 is 1. The number of anilines is 1. The van der Waals surface area contributed by atoms with Gasteiger partial charge in [-0.15, -0.1) is 0 Å². The van der Waals surface area contributed by atoms with Crippen LogP contribution in [0, 0.1) is 0 Å². The molecule has 1 aliphatic heterocycles. The number of aromatic nitrogens is 1. The number of rotatable bonds is 14. The molecule has 4 amide bonds. The molecule has 1 aromatic heterocycles. The maximum atomic E-state index is 13.8. The lowest BCUT2D eigenvalue weighted by molar-refractivity contribution is -0.155. The highest BCUT2D eigenvalue weighted by Gasteiger charge is 2.32. The van der Waals surface area contributed by atoms with Crippen molar-refractivity contribution in [2.75, 3.05) is 51.8 Å². The molecule has 1 aliphatic rings. The second-order valence-corrected chi connectivity index (χ2v) is 12.3. The smallest absolute Gasteiger partial charge is 0.409 e. The summed E-state index contributed by atoms with van der Waals surface area (Å²) in [5.74, 6) is -1.99. The summed E-state index contributed by atoms with van der Waals surface area (Å²) in [6.45, 7) is 8.50. The summed E-state index contributed by atoms with van der Waals surface area (Å²) in [5.41, 5.74) is 0.710. The first kappa shape index (κ1) is 36.9. The molecular weight excluding hydrogens is 606 g/mol. The highest BCUT2D eigenvalue weighted by molar-refractivity contribution is 5.99. The van der Waals surface area contributed by atoms with E-state index in [1.807, 2.05) is 30.3 Å². The van der Waals surface area contributed by atoms with Crippen LogP contribution in [-0.4, -0.2) is 103 Å². The first-order valence-electron chi connectivity index (χ1n) is 16.0. The van der Waals surface area contributed by atoms with Crippen LogP contribution in [0.3, 0.4) is 0 Å². The molecule has 0 aliphatic carbocycles. The molecule has 1 atom stereocenters. The minimum absolute atomic E-state index is 0.0189. The van der Waals surface area contributed by atoms with Crippen molar-refractivity contribution in [1.29, 1.82) is 0 Å². The van der Waals surface area contributed by atoms with E-state index in [1.54, 1.807) is 36.6 Å². The first-order valence-corrected chi connectivity index (χ1v) is 16.0. The van der Waals surface area contributed by atoms with Gasteiger partial charge in [0.2, 0.25) is 11.8 Å². The zero-order chi connectivity index (χ0) is 34.4. The lowest BCUT2D eigenvalue weighted by Gasteiger charge is -2.36. The Labute approximate surface area is 276 Å². The van der Waals surface area contributed by atoms with Crippen molar-refractivity contribution in [3.63, 3.8) is 0 Å². The SMILES string of the molecule is CCCCCOC(=O)N1CCN(C(=O)[C@H](CCC(=O)OC(C)(C)C)NC(=O)c2cc(NC(=O)COC)cc(-c3ccccc3)n2)CC1. The molecule has 0 spiro atoms. The number of benzene rings is 1. The zero-order valence-electron chi connectivity index (χ0n) is 28.0. The zero-order valence-corrected chi connectivity index (χ0v) is 28.0. The lowest BCUT2D eigenvalue weighted by Crippen LogP contribution is -2.56. The van der Waals surface area contributed by atoms with Gasteiger partial charge in [-0.25, -0.2) is 9.78 Å². The minimum atomic E-state index is -1.09. The molecule has 13 nitrogen and oxygen atoms in total. The number of carbonyl (C=O) groups is 5. The standard InChI is InChI=1S/C34H47N5O8/c1-6-7-11-20-46-33(44)39-18-16-38(17-19-39)32(43)26(14-15-30(41)47-34(2,3)4)37-31(42)28-22-25(35-29(40)23-45-5)21-27(36-28)24-12-9-8-10-13-24/h8-10,12-13,21-22,26H,6-7,11,14-20,23H2,1-5H3,(H,37,42)(H,35,36,40)/t26-/m0/s1. The monoisotopic (exact) mass is 653 g/mol. The molecule has 3 rings (SSSR count). The van der Waals surface area contributed by atoms with Crippen molar-refractivity contribution in [3.05, 3.63) is 48.2 Å². The van der Waals surface area contributed by atoms with Crippen LogP contribution in [0.2, 0.25) is 0 Å². The molecule has 0 unspecified atom stereocenters. The van der Waals surface area contributed by atoms with Gasteiger partial charge in [-0.2, -0.15) is 0 Å². The molecule has 2 aromatic rings. The Morgan fingerprint density at radius 2 is 1.64 bits per heavy atom. The van der Waals surface area contributed by atoms with Gasteiger partial charge in [-0.1, -0.05) is 50.1 Å². The van der Waals surface area contributed by atoms with E-state index in [1.165, 1.54) is 13.2 Å². The maximum Gasteiger partial charge on any atom is 0.409 e. The van der Waals surface area contributed by atoms with E-state index in [2.05, 4.69) is 22.5 Å². The summed E-state index contributed by atoms with van der Waals surface area (Å²) in [6.07, 6.45) is 2.24. The van der Waals surface area contributed by atoms with Crippen LogP contribution < -0.4 is 10.6 Å². The van der Waals surface area contributed by atoms with Gasteiger partial charge in [0.1, 0.15) is 23.9 Å². The van der Waals surface area contributed by atoms with E-state index in [9.17, 15) is 24.0 Å². The van der Waals surface area contributed by atoms with Crippen LogP contribution in [0.4, 0.5) is 10.5 Å². The van der Waals surface area contributed by atoms with E-state index in [0.717, 1.165) is 19.3 Å². The predicted octanol–water partition coefficient (Wildman–Crippen LogP) is 4.02. The third-order valence-electron chi connectivity index (χ3n) is 7.17. The number of amides is 4. The van der Waals surface area contributed by atoms with E-state index in [0.29, 0.717) is 23.6 Å². The Bertz CT molecular complexity index is 1370. The van der Waals surface area contributed by atoms with Crippen molar-refractivity contribution in [1.82, 2.24) is 20.1 Å². The van der Waals surface area contributed by atoms with Crippen molar-refractivity contribution < 1.29 is 38.2 Å². The maximum absolute atomic E-state index is 13.8. The molecular formula is C34H47N5O8. The van der Waals surface area contributed by atoms with Crippen molar-refractivity contribution in [2.24, 2.45) is 0 Å². The fourth-order valence-electron chi connectivity index (χ4n) is 4.88. The van der Waals surface area contributed by atoms with E-state index in [4.69, 9.17) is 14.2 Å². The summed E-state index contributed by atoms with van der Waals surface area (Å²) in [5, 5.41) is 5.47.